The minimum Gasteiger partial charge on any atom is -0.310 e. The zero-order valence-corrected chi connectivity index (χ0v) is 7.12. The molecule has 0 aromatic carbocycles. The van der Waals surface area contributed by atoms with Gasteiger partial charge in [-0.05, 0) is 12.8 Å². The SMILES string of the molecule is CC.CCCC(=N)CC. The molecule has 0 rings (SSSR count). The molecular weight excluding hydrogens is 110 g/mol. The molecule has 0 fully saturated rings. The second-order valence-electron chi connectivity index (χ2n) is 1.71. The normalized spacial score (nSPS) is 7.56. The van der Waals surface area contributed by atoms with Crippen molar-refractivity contribution in [1.29, 1.82) is 5.41 Å². The first-order valence-electron chi connectivity index (χ1n) is 3.87. The second kappa shape index (κ2) is 10.6. The fourth-order valence-electron chi connectivity index (χ4n) is 0.479. The zero-order chi connectivity index (χ0) is 7.70. The van der Waals surface area contributed by atoms with E-state index in [9.17, 15) is 0 Å². The van der Waals surface area contributed by atoms with Crippen LogP contribution in [0.2, 0.25) is 0 Å². The summed E-state index contributed by atoms with van der Waals surface area (Å²) in [4.78, 5) is 0. The Bertz CT molecular complexity index is 57.6. The predicted molar refractivity (Wildman–Crippen MR) is 44.3 cm³/mol. The standard InChI is InChI=1S/C6H13N.C2H6/c1-3-5-6(7)4-2;1-2/h7H,3-5H2,1-2H3;1-2H3. The summed E-state index contributed by atoms with van der Waals surface area (Å²) < 4.78 is 0. The van der Waals surface area contributed by atoms with Gasteiger partial charge >= 0.3 is 0 Å². The predicted octanol–water partition coefficient (Wildman–Crippen LogP) is 3.24. The van der Waals surface area contributed by atoms with Crippen molar-refractivity contribution in [1.82, 2.24) is 0 Å². The molecule has 0 unspecified atom stereocenters. The van der Waals surface area contributed by atoms with Gasteiger partial charge in [-0.15, -0.1) is 0 Å². The summed E-state index contributed by atoms with van der Waals surface area (Å²) in [5.74, 6) is 0. The fraction of sp³-hybridized carbons (Fsp3) is 0.875. The van der Waals surface area contributed by atoms with Gasteiger partial charge in [0.05, 0.1) is 0 Å². The molecule has 0 aliphatic carbocycles. The summed E-state index contributed by atoms with van der Waals surface area (Å²) in [6, 6.07) is 0. The zero-order valence-electron chi connectivity index (χ0n) is 7.12. The molecule has 0 aromatic rings. The first-order valence-corrected chi connectivity index (χ1v) is 3.87. The molecule has 0 bridgehead atoms. The second-order valence-corrected chi connectivity index (χ2v) is 1.71. The van der Waals surface area contributed by atoms with Crippen LogP contribution in [0.3, 0.4) is 0 Å². The van der Waals surface area contributed by atoms with Crippen molar-refractivity contribution < 1.29 is 0 Å². The first-order chi connectivity index (χ1) is 4.31. The Morgan fingerprint density at radius 1 is 1.22 bits per heavy atom. The van der Waals surface area contributed by atoms with Gasteiger partial charge in [0, 0.05) is 5.71 Å². The van der Waals surface area contributed by atoms with Crippen LogP contribution in [0.15, 0.2) is 0 Å². The molecule has 56 valence electrons. The molecule has 0 saturated carbocycles. The van der Waals surface area contributed by atoms with Gasteiger partial charge in [-0.2, -0.15) is 0 Å². The third-order valence-electron chi connectivity index (χ3n) is 0.979. The summed E-state index contributed by atoms with van der Waals surface area (Å²) >= 11 is 0. The Morgan fingerprint density at radius 3 is 1.78 bits per heavy atom. The largest absolute Gasteiger partial charge is 0.310 e. The third-order valence-corrected chi connectivity index (χ3v) is 0.979. The molecule has 9 heavy (non-hydrogen) atoms. The maximum Gasteiger partial charge on any atom is 0.00863 e. The number of nitrogens with one attached hydrogen (secondary N) is 1. The number of hydrogen-bond acceptors (Lipinski definition) is 1. The monoisotopic (exact) mass is 129 g/mol. The van der Waals surface area contributed by atoms with Gasteiger partial charge in [0.15, 0.2) is 0 Å². The summed E-state index contributed by atoms with van der Waals surface area (Å²) in [7, 11) is 0. The van der Waals surface area contributed by atoms with Crippen LogP contribution < -0.4 is 0 Å². The van der Waals surface area contributed by atoms with E-state index in [1.54, 1.807) is 0 Å². The molecule has 0 heterocycles. The van der Waals surface area contributed by atoms with Gasteiger partial charge in [-0.3, -0.25) is 0 Å². The number of rotatable bonds is 3. The highest BCUT2D eigenvalue weighted by Gasteiger charge is 1.86. The molecule has 0 saturated heterocycles. The van der Waals surface area contributed by atoms with Crippen molar-refractivity contribution in [2.24, 2.45) is 0 Å². The minimum absolute atomic E-state index is 0.877. The lowest BCUT2D eigenvalue weighted by Gasteiger charge is -1.91. The topological polar surface area (TPSA) is 23.9 Å². The van der Waals surface area contributed by atoms with E-state index in [-0.39, 0.29) is 0 Å². The van der Waals surface area contributed by atoms with Crippen LogP contribution in [0, 0.1) is 5.41 Å². The molecule has 0 atom stereocenters. The minimum atomic E-state index is 0.877. The summed E-state index contributed by atoms with van der Waals surface area (Å²) in [6.07, 6.45) is 3.02. The van der Waals surface area contributed by atoms with Crippen LogP contribution in [-0.4, -0.2) is 5.71 Å². The van der Waals surface area contributed by atoms with Crippen LogP contribution in [0.1, 0.15) is 47.0 Å². The maximum absolute atomic E-state index is 7.14. The molecule has 0 radical (unpaired) electrons. The summed E-state index contributed by atoms with van der Waals surface area (Å²) in [5.41, 5.74) is 0.877. The highest BCUT2D eigenvalue weighted by Crippen LogP contribution is 1.91. The van der Waals surface area contributed by atoms with E-state index in [0.29, 0.717) is 0 Å². The Balaban J connectivity index is 0. The molecular formula is C8H19N. The molecule has 0 amide bonds. The third kappa shape index (κ3) is 11.3. The molecule has 0 aliphatic rings. The lowest BCUT2D eigenvalue weighted by atomic mass is 10.2. The van der Waals surface area contributed by atoms with E-state index in [1.165, 1.54) is 0 Å². The van der Waals surface area contributed by atoms with E-state index in [4.69, 9.17) is 5.41 Å². The van der Waals surface area contributed by atoms with Gasteiger partial charge in [0.1, 0.15) is 0 Å². The van der Waals surface area contributed by atoms with E-state index >= 15 is 0 Å². The van der Waals surface area contributed by atoms with Crippen LogP contribution in [-0.2, 0) is 0 Å². The summed E-state index contributed by atoms with van der Waals surface area (Å²) in [6.45, 7) is 8.13. The molecule has 1 nitrogen and oxygen atoms in total. The smallest absolute Gasteiger partial charge is 0.00863 e. The quantitative estimate of drug-likeness (QED) is 0.566. The van der Waals surface area contributed by atoms with Gasteiger partial charge in [-0.1, -0.05) is 34.1 Å². The Hall–Kier alpha value is -0.330. The summed E-state index contributed by atoms with van der Waals surface area (Å²) in [5, 5.41) is 7.14. The van der Waals surface area contributed by atoms with Crippen molar-refractivity contribution in [3.63, 3.8) is 0 Å². The van der Waals surface area contributed by atoms with Crippen LogP contribution in [0.4, 0.5) is 0 Å². The van der Waals surface area contributed by atoms with Gasteiger partial charge in [0.25, 0.3) is 0 Å². The molecule has 1 N–H and O–H groups in total. The van der Waals surface area contributed by atoms with Crippen LogP contribution in [0.5, 0.6) is 0 Å². The van der Waals surface area contributed by atoms with Crippen LogP contribution in [0.25, 0.3) is 0 Å². The van der Waals surface area contributed by atoms with Gasteiger partial charge < -0.3 is 5.41 Å². The van der Waals surface area contributed by atoms with Crippen molar-refractivity contribution >= 4 is 5.71 Å². The van der Waals surface area contributed by atoms with Crippen molar-refractivity contribution in [2.45, 2.75) is 47.0 Å². The lowest BCUT2D eigenvalue weighted by Crippen LogP contribution is -1.89. The van der Waals surface area contributed by atoms with Crippen molar-refractivity contribution in [3.05, 3.63) is 0 Å². The van der Waals surface area contributed by atoms with Crippen molar-refractivity contribution in [2.75, 3.05) is 0 Å². The molecule has 0 aromatic heterocycles. The Morgan fingerprint density at radius 2 is 1.67 bits per heavy atom. The first kappa shape index (κ1) is 11.5. The van der Waals surface area contributed by atoms with E-state index in [2.05, 4.69) is 6.92 Å². The Labute approximate surface area is 59.0 Å². The molecule has 0 spiro atoms. The highest BCUT2D eigenvalue weighted by atomic mass is 14.4. The maximum atomic E-state index is 7.14. The van der Waals surface area contributed by atoms with E-state index in [1.807, 2.05) is 20.8 Å². The van der Waals surface area contributed by atoms with E-state index in [0.717, 1.165) is 25.0 Å². The molecule has 0 aliphatic heterocycles. The number of hydrogen-bond donors (Lipinski definition) is 1. The van der Waals surface area contributed by atoms with E-state index < -0.39 is 0 Å². The average Bonchev–Trinajstić information content (AvgIpc) is 1.93. The van der Waals surface area contributed by atoms with Gasteiger partial charge in [0.2, 0.25) is 0 Å². The fourth-order valence-corrected chi connectivity index (χ4v) is 0.479. The average molecular weight is 129 g/mol. The Kier molecular flexibility index (Phi) is 13.5. The lowest BCUT2D eigenvalue weighted by molar-refractivity contribution is 0.958. The van der Waals surface area contributed by atoms with Gasteiger partial charge in [-0.25, -0.2) is 0 Å². The van der Waals surface area contributed by atoms with Crippen molar-refractivity contribution in [3.8, 4) is 0 Å². The highest BCUT2D eigenvalue weighted by molar-refractivity contribution is 5.80. The van der Waals surface area contributed by atoms with Crippen LogP contribution >= 0.6 is 0 Å². The molecule has 1 heteroatoms.